The predicted octanol–water partition coefficient (Wildman–Crippen LogP) is 6.95. The summed E-state index contributed by atoms with van der Waals surface area (Å²) in [5.41, 5.74) is 4.03. The van der Waals surface area contributed by atoms with E-state index in [1.165, 1.54) is 0 Å². The van der Waals surface area contributed by atoms with Crippen molar-refractivity contribution in [1.29, 1.82) is 0 Å². The van der Waals surface area contributed by atoms with Gasteiger partial charge in [0.05, 0.1) is 5.52 Å². The van der Waals surface area contributed by atoms with Crippen molar-refractivity contribution in [3.05, 3.63) is 88.9 Å². The number of rotatable bonds is 3. The Hall–Kier alpha value is -2.55. The molecule has 25 heavy (non-hydrogen) atoms. The van der Waals surface area contributed by atoms with E-state index >= 15 is 0 Å². The summed E-state index contributed by atoms with van der Waals surface area (Å²) < 4.78 is 0. The largest absolute Gasteiger partial charge is 0.340 e. The highest BCUT2D eigenvalue weighted by atomic mass is 35.5. The average Bonchev–Trinajstić information content (AvgIpc) is 2.64. The lowest BCUT2D eigenvalue weighted by molar-refractivity contribution is 1.37. The van der Waals surface area contributed by atoms with E-state index in [-0.39, 0.29) is 0 Å². The fraction of sp³-hybridized carbons (Fsp3) is 0. The van der Waals surface area contributed by atoms with Crippen LogP contribution in [0, 0.1) is 0 Å². The molecule has 0 saturated heterocycles. The molecule has 0 amide bonds. The quantitative estimate of drug-likeness (QED) is 0.425. The van der Waals surface area contributed by atoms with E-state index in [0.717, 1.165) is 33.5 Å². The maximum Gasteiger partial charge on any atom is 0.131 e. The summed E-state index contributed by atoms with van der Waals surface area (Å²) in [5.74, 6) is 0.774. The number of benzene rings is 3. The Bertz CT molecular complexity index is 1030. The van der Waals surface area contributed by atoms with Gasteiger partial charge in [-0.3, -0.25) is 0 Å². The van der Waals surface area contributed by atoms with Crippen molar-refractivity contribution in [1.82, 2.24) is 4.98 Å². The molecule has 2 nitrogen and oxygen atoms in total. The molecular weight excluding hydrogens is 351 g/mol. The van der Waals surface area contributed by atoms with Gasteiger partial charge in [-0.1, -0.05) is 53.5 Å². The van der Waals surface area contributed by atoms with Gasteiger partial charge in [0.2, 0.25) is 0 Å². The molecule has 0 aliphatic carbocycles. The van der Waals surface area contributed by atoms with Crippen LogP contribution in [0.5, 0.6) is 0 Å². The summed E-state index contributed by atoms with van der Waals surface area (Å²) in [6.07, 6.45) is 0. The highest BCUT2D eigenvalue weighted by Gasteiger charge is 2.09. The van der Waals surface area contributed by atoms with Gasteiger partial charge in [-0.25, -0.2) is 4.98 Å². The standard InChI is InChI=1S/C21H14Cl2N2/c22-15-6-9-17(10-7-15)24-21-13-18(14-4-2-1-3-5-14)19-12-16(23)8-11-20(19)25-21/h1-13H,(H,24,25). The molecule has 0 atom stereocenters. The summed E-state index contributed by atoms with van der Waals surface area (Å²) in [6, 6.07) is 25.6. The Morgan fingerprint density at radius 1 is 0.720 bits per heavy atom. The van der Waals surface area contributed by atoms with E-state index in [9.17, 15) is 0 Å². The molecule has 0 aliphatic heterocycles. The van der Waals surface area contributed by atoms with Crippen LogP contribution in [0.4, 0.5) is 11.5 Å². The number of pyridine rings is 1. The second-order valence-electron chi connectivity index (χ2n) is 5.71. The number of nitrogens with one attached hydrogen (secondary N) is 1. The van der Waals surface area contributed by atoms with Crippen LogP contribution in [-0.2, 0) is 0 Å². The first-order valence-electron chi connectivity index (χ1n) is 7.87. The van der Waals surface area contributed by atoms with Crippen LogP contribution in [0.25, 0.3) is 22.0 Å². The lowest BCUT2D eigenvalue weighted by Gasteiger charge is -2.12. The lowest BCUT2D eigenvalue weighted by Crippen LogP contribution is -1.95. The summed E-state index contributed by atoms with van der Waals surface area (Å²) in [5, 5.41) is 5.78. The molecular formula is C21H14Cl2N2. The van der Waals surface area contributed by atoms with E-state index in [1.54, 1.807) is 0 Å². The molecule has 122 valence electrons. The van der Waals surface area contributed by atoms with Gasteiger partial charge in [-0.05, 0) is 59.7 Å². The summed E-state index contributed by atoms with van der Waals surface area (Å²) >= 11 is 12.2. The summed E-state index contributed by atoms with van der Waals surface area (Å²) in [7, 11) is 0. The summed E-state index contributed by atoms with van der Waals surface area (Å²) in [4.78, 5) is 4.72. The number of nitrogens with zero attached hydrogens (tertiary/aromatic N) is 1. The maximum atomic E-state index is 6.21. The fourth-order valence-electron chi connectivity index (χ4n) is 2.80. The zero-order valence-corrected chi connectivity index (χ0v) is 14.7. The summed E-state index contributed by atoms with van der Waals surface area (Å²) in [6.45, 7) is 0. The van der Waals surface area contributed by atoms with E-state index < -0.39 is 0 Å². The fourth-order valence-corrected chi connectivity index (χ4v) is 3.10. The van der Waals surface area contributed by atoms with Crippen molar-refractivity contribution < 1.29 is 0 Å². The topological polar surface area (TPSA) is 24.9 Å². The normalized spacial score (nSPS) is 10.8. The van der Waals surface area contributed by atoms with Crippen molar-refractivity contribution >= 4 is 45.6 Å². The molecule has 1 N–H and O–H groups in total. The van der Waals surface area contributed by atoms with Crippen molar-refractivity contribution in [2.45, 2.75) is 0 Å². The van der Waals surface area contributed by atoms with Gasteiger partial charge in [0.15, 0.2) is 0 Å². The highest BCUT2D eigenvalue weighted by Crippen LogP contribution is 2.32. The van der Waals surface area contributed by atoms with E-state index in [2.05, 4.69) is 17.4 Å². The van der Waals surface area contributed by atoms with Crippen LogP contribution in [0.2, 0.25) is 10.0 Å². The number of anilines is 2. The molecule has 4 rings (SSSR count). The molecule has 4 heteroatoms. The molecule has 3 aromatic carbocycles. The number of halogens is 2. The predicted molar refractivity (Wildman–Crippen MR) is 107 cm³/mol. The van der Waals surface area contributed by atoms with Crippen molar-refractivity contribution in [2.24, 2.45) is 0 Å². The average molecular weight is 365 g/mol. The minimum absolute atomic E-state index is 0.699. The Morgan fingerprint density at radius 3 is 2.20 bits per heavy atom. The molecule has 0 fully saturated rings. The molecule has 1 aromatic heterocycles. The van der Waals surface area contributed by atoms with Gasteiger partial charge in [0.25, 0.3) is 0 Å². The zero-order valence-electron chi connectivity index (χ0n) is 13.2. The van der Waals surface area contributed by atoms with Crippen molar-refractivity contribution in [2.75, 3.05) is 5.32 Å². The van der Waals surface area contributed by atoms with Gasteiger partial charge in [-0.15, -0.1) is 0 Å². The minimum atomic E-state index is 0.699. The molecule has 0 bridgehead atoms. The monoisotopic (exact) mass is 364 g/mol. The zero-order chi connectivity index (χ0) is 17.2. The third-order valence-corrected chi connectivity index (χ3v) is 4.46. The smallest absolute Gasteiger partial charge is 0.131 e. The Labute approximate surface area is 156 Å². The van der Waals surface area contributed by atoms with Crippen LogP contribution in [0.15, 0.2) is 78.9 Å². The van der Waals surface area contributed by atoms with Gasteiger partial charge >= 0.3 is 0 Å². The highest BCUT2D eigenvalue weighted by molar-refractivity contribution is 6.31. The van der Waals surface area contributed by atoms with Gasteiger partial charge in [0, 0.05) is 21.1 Å². The van der Waals surface area contributed by atoms with Crippen molar-refractivity contribution in [3.8, 4) is 11.1 Å². The first-order valence-corrected chi connectivity index (χ1v) is 8.63. The Morgan fingerprint density at radius 2 is 1.44 bits per heavy atom. The third kappa shape index (κ3) is 3.46. The Balaban J connectivity index is 1.86. The second kappa shape index (κ2) is 6.75. The number of hydrogen-bond acceptors (Lipinski definition) is 2. The molecule has 0 radical (unpaired) electrons. The first-order chi connectivity index (χ1) is 12.2. The van der Waals surface area contributed by atoms with Crippen LogP contribution in [0.1, 0.15) is 0 Å². The van der Waals surface area contributed by atoms with Crippen molar-refractivity contribution in [3.63, 3.8) is 0 Å². The van der Waals surface area contributed by atoms with Crippen LogP contribution in [-0.4, -0.2) is 4.98 Å². The number of hydrogen-bond donors (Lipinski definition) is 1. The van der Waals surface area contributed by atoms with Gasteiger partial charge < -0.3 is 5.32 Å². The number of fused-ring (bicyclic) bond motifs is 1. The van der Waals surface area contributed by atoms with E-state index in [0.29, 0.717) is 10.0 Å². The Kier molecular flexibility index (Phi) is 4.31. The SMILES string of the molecule is Clc1ccc(Nc2cc(-c3ccccc3)c3cc(Cl)ccc3n2)cc1. The molecule has 4 aromatic rings. The first kappa shape index (κ1) is 15.9. The molecule has 0 saturated carbocycles. The van der Waals surface area contributed by atoms with E-state index in [1.807, 2.05) is 66.7 Å². The molecule has 1 heterocycles. The van der Waals surface area contributed by atoms with Crippen LogP contribution in [0.3, 0.4) is 0 Å². The second-order valence-corrected chi connectivity index (χ2v) is 6.59. The van der Waals surface area contributed by atoms with Crippen LogP contribution < -0.4 is 5.32 Å². The van der Waals surface area contributed by atoms with Gasteiger partial charge in [-0.2, -0.15) is 0 Å². The van der Waals surface area contributed by atoms with E-state index in [4.69, 9.17) is 28.2 Å². The molecule has 0 spiro atoms. The molecule has 0 unspecified atom stereocenters. The van der Waals surface area contributed by atoms with Gasteiger partial charge in [0.1, 0.15) is 5.82 Å². The minimum Gasteiger partial charge on any atom is -0.340 e. The lowest BCUT2D eigenvalue weighted by atomic mass is 10.0. The number of aromatic nitrogens is 1. The molecule has 0 aliphatic rings. The third-order valence-electron chi connectivity index (χ3n) is 3.97. The maximum absolute atomic E-state index is 6.21. The van der Waals surface area contributed by atoms with Crippen LogP contribution >= 0.6 is 23.2 Å².